The molecule has 1 aliphatic heterocycles. The number of piperazine rings is 1. The minimum absolute atomic E-state index is 0.223. The first-order valence-electron chi connectivity index (χ1n) is 8.40. The molecule has 1 saturated heterocycles. The van der Waals surface area contributed by atoms with Crippen LogP contribution in [-0.4, -0.2) is 43.8 Å². The lowest BCUT2D eigenvalue weighted by Gasteiger charge is -2.34. The van der Waals surface area contributed by atoms with Crippen LogP contribution in [0.4, 0.5) is 18.9 Å². The van der Waals surface area contributed by atoms with Gasteiger partial charge < -0.3 is 5.73 Å². The van der Waals surface area contributed by atoms with Crippen molar-refractivity contribution in [3.8, 4) is 0 Å². The summed E-state index contributed by atoms with van der Waals surface area (Å²) in [6.07, 6.45) is -4.58. The lowest BCUT2D eigenvalue weighted by molar-refractivity contribution is -0.137. The molecule has 0 bridgehead atoms. The monoisotopic (exact) mass is 399 g/mol. The van der Waals surface area contributed by atoms with Gasteiger partial charge in [-0.2, -0.15) is 17.5 Å². The maximum Gasteiger partial charge on any atom is 0.416 e. The Labute approximate surface area is 156 Å². The normalized spacial score (nSPS) is 17.1. The number of sulfonamides is 1. The number of nitrogen functional groups attached to an aromatic ring is 1. The number of rotatable bonds is 4. The molecular weight excluding hydrogens is 379 g/mol. The third kappa shape index (κ3) is 4.60. The van der Waals surface area contributed by atoms with Gasteiger partial charge in [0.1, 0.15) is 0 Å². The van der Waals surface area contributed by atoms with Crippen LogP contribution in [0, 0.1) is 0 Å². The standard InChI is InChI=1S/C18H20F3N3O2S/c19-18(20,21)15-4-2-6-17(12-15)27(25,26)24-9-7-23(8-10-24)13-14-3-1-5-16(22)11-14/h1-6,11-12H,7-10,13,22H2. The smallest absolute Gasteiger partial charge is 0.399 e. The fourth-order valence-corrected chi connectivity index (χ4v) is 4.53. The van der Waals surface area contributed by atoms with Gasteiger partial charge in [-0.3, -0.25) is 4.90 Å². The number of anilines is 1. The number of alkyl halides is 3. The summed E-state index contributed by atoms with van der Waals surface area (Å²) in [5.41, 5.74) is 6.49. The number of hydrogen-bond acceptors (Lipinski definition) is 4. The van der Waals surface area contributed by atoms with Gasteiger partial charge in [0.25, 0.3) is 0 Å². The Morgan fingerprint density at radius 3 is 2.26 bits per heavy atom. The number of nitrogens with zero attached hydrogens (tertiary/aromatic N) is 2. The van der Waals surface area contributed by atoms with Gasteiger partial charge in [-0.1, -0.05) is 18.2 Å². The van der Waals surface area contributed by atoms with Crippen molar-refractivity contribution in [2.24, 2.45) is 0 Å². The van der Waals surface area contributed by atoms with Gasteiger partial charge in [-0.05, 0) is 35.9 Å². The third-order valence-electron chi connectivity index (χ3n) is 4.49. The molecule has 1 fully saturated rings. The maximum absolute atomic E-state index is 12.9. The summed E-state index contributed by atoms with van der Waals surface area (Å²) < 4.78 is 65.2. The molecule has 27 heavy (non-hydrogen) atoms. The van der Waals surface area contributed by atoms with Crippen LogP contribution in [0.2, 0.25) is 0 Å². The average Bonchev–Trinajstić information content (AvgIpc) is 2.62. The topological polar surface area (TPSA) is 66.6 Å². The highest BCUT2D eigenvalue weighted by atomic mass is 32.2. The average molecular weight is 399 g/mol. The Balaban J connectivity index is 1.68. The first kappa shape index (κ1) is 19.7. The molecule has 0 aromatic heterocycles. The van der Waals surface area contributed by atoms with Crippen LogP contribution >= 0.6 is 0 Å². The molecule has 0 saturated carbocycles. The molecule has 146 valence electrons. The molecule has 2 aromatic rings. The van der Waals surface area contributed by atoms with Crippen LogP contribution in [0.1, 0.15) is 11.1 Å². The van der Waals surface area contributed by atoms with E-state index in [9.17, 15) is 21.6 Å². The van der Waals surface area contributed by atoms with Gasteiger partial charge in [0.15, 0.2) is 0 Å². The Kier molecular flexibility index (Phi) is 5.45. The van der Waals surface area contributed by atoms with E-state index in [-0.39, 0.29) is 18.0 Å². The van der Waals surface area contributed by atoms with E-state index in [1.807, 2.05) is 18.2 Å². The first-order chi connectivity index (χ1) is 12.7. The lowest BCUT2D eigenvalue weighted by Crippen LogP contribution is -2.48. The Morgan fingerprint density at radius 2 is 1.63 bits per heavy atom. The largest absolute Gasteiger partial charge is 0.416 e. The summed E-state index contributed by atoms with van der Waals surface area (Å²) in [5, 5.41) is 0. The zero-order chi connectivity index (χ0) is 19.7. The minimum Gasteiger partial charge on any atom is -0.399 e. The van der Waals surface area contributed by atoms with Crippen LogP contribution in [0.3, 0.4) is 0 Å². The van der Waals surface area contributed by atoms with Gasteiger partial charge in [0.05, 0.1) is 10.5 Å². The summed E-state index contributed by atoms with van der Waals surface area (Å²) >= 11 is 0. The predicted molar refractivity (Wildman–Crippen MR) is 96.3 cm³/mol. The zero-order valence-electron chi connectivity index (χ0n) is 14.5. The maximum atomic E-state index is 12.9. The molecule has 0 unspecified atom stereocenters. The van der Waals surface area contributed by atoms with Crippen LogP contribution in [0.15, 0.2) is 53.4 Å². The van der Waals surface area contributed by atoms with Crippen molar-refractivity contribution in [2.45, 2.75) is 17.6 Å². The molecule has 5 nitrogen and oxygen atoms in total. The van der Waals surface area contributed by atoms with Crippen molar-refractivity contribution >= 4 is 15.7 Å². The quantitative estimate of drug-likeness (QED) is 0.803. The van der Waals surface area contributed by atoms with E-state index in [0.29, 0.717) is 31.4 Å². The second-order valence-electron chi connectivity index (χ2n) is 6.45. The van der Waals surface area contributed by atoms with Crippen molar-refractivity contribution in [3.05, 3.63) is 59.7 Å². The second-order valence-corrected chi connectivity index (χ2v) is 8.39. The molecule has 0 atom stereocenters. The van der Waals surface area contributed by atoms with E-state index in [4.69, 9.17) is 5.73 Å². The van der Waals surface area contributed by atoms with Crippen LogP contribution < -0.4 is 5.73 Å². The van der Waals surface area contributed by atoms with Crippen LogP contribution in [-0.2, 0) is 22.7 Å². The Morgan fingerprint density at radius 1 is 0.963 bits per heavy atom. The van der Waals surface area contributed by atoms with Crippen LogP contribution in [0.5, 0.6) is 0 Å². The highest BCUT2D eigenvalue weighted by molar-refractivity contribution is 7.89. The molecule has 1 aliphatic rings. The van der Waals surface area contributed by atoms with E-state index >= 15 is 0 Å². The molecule has 9 heteroatoms. The van der Waals surface area contributed by atoms with Crippen molar-refractivity contribution in [1.82, 2.24) is 9.21 Å². The van der Waals surface area contributed by atoms with E-state index in [0.717, 1.165) is 17.7 Å². The predicted octanol–water partition coefficient (Wildman–Crippen LogP) is 2.79. The fourth-order valence-electron chi connectivity index (χ4n) is 3.06. The molecule has 2 aromatic carbocycles. The Hall–Kier alpha value is -2.10. The summed E-state index contributed by atoms with van der Waals surface area (Å²) in [6.45, 7) is 2.07. The van der Waals surface area contributed by atoms with Gasteiger partial charge in [-0.25, -0.2) is 8.42 Å². The van der Waals surface area contributed by atoms with Crippen molar-refractivity contribution in [3.63, 3.8) is 0 Å². The fraction of sp³-hybridized carbons (Fsp3) is 0.333. The number of halogens is 3. The van der Waals surface area contributed by atoms with E-state index in [1.54, 1.807) is 6.07 Å². The number of benzene rings is 2. The first-order valence-corrected chi connectivity index (χ1v) is 9.84. The minimum atomic E-state index is -4.58. The molecular formula is C18H20F3N3O2S. The van der Waals surface area contributed by atoms with Crippen LogP contribution in [0.25, 0.3) is 0 Å². The summed E-state index contributed by atoms with van der Waals surface area (Å²) in [7, 11) is -3.96. The van der Waals surface area contributed by atoms with Crippen molar-refractivity contribution < 1.29 is 21.6 Å². The zero-order valence-corrected chi connectivity index (χ0v) is 15.3. The molecule has 0 spiro atoms. The summed E-state index contributed by atoms with van der Waals surface area (Å²) in [5.74, 6) is 0. The molecule has 0 radical (unpaired) electrons. The van der Waals surface area contributed by atoms with Gasteiger partial charge in [0, 0.05) is 38.4 Å². The summed E-state index contributed by atoms with van der Waals surface area (Å²) in [4.78, 5) is 1.76. The van der Waals surface area contributed by atoms with Gasteiger partial charge in [-0.15, -0.1) is 0 Å². The van der Waals surface area contributed by atoms with Crippen molar-refractivity contribution in [1.29, 1.82) is 0 Å². The molecule has 3 rings (SSSR count). The van der Waals surface area contributed by atoms with Gasteiger partial charge in [0.2, 0.25) is 10.0 Å². The molecule has 0 amide bonds. The highest BCUT2D eigenvalue weighted by Crippen LogP contribution is 2.31. The number of hydrogen-bond donors (Lipinski definition) is 1. The second kappa shape index (κ2) is 7.49. The SMILES string of the molecule is Nc1cccc(CN2CCN(S(=O)(=O)c3cccc(C(F)(F)F)c3)CC2)c1. The third-order valence-corrected chi connectivity index (χ3v) is 6.38. The highest BCUT2D eigenvalue weighted by Gasteiger charge is 2.33. The molecule has 2 N–H and O–H groups in total. The Bertz CT molecular complexity index is 908. The molecule has 0 aliphatic carbocycles. The number of nitrogens with two attached hydrogens (primary N) is 1. The van der Waals surface area contributed by atoms with Crippen molar-refractivity contribution in [2.75, 3.05) is 31.9 Å². The van der Waals surface area contributed by atoms with E-state index in [2.05, 4.69) is 4.90 Å². The van der Waals surface area contributed by atoms with Gasteiger partial charge >= 0.3 is 6.18 Å². The van der Waals surface area contributed by atoms with E-state index < -0.39 is 21.8 Å². The lowest BCUT2D eigenvalue weighted by atomic mass is 10.2. The molecule has 1 heterocycles. The summed E-state index contributed by atoms with van der Waals surface area (Å²) in [6, 6.07) is 11.3. The van der Waals surface area contributed by atoms with E-state index in [1.165, 1.54) is 10.4 Å².